The van der Waals surface area contributed by atoms with Crippen LogP contribution in [0.1, 0.15) is 88.5 Å². The van der Waals surface area contributed by atoms with Crippen molar-refractivity contribution in [3.63, 3.8) is 0 Å². The number of nitrogens with zero attached hydrogens (tertiary/aromatic N) is 11. The van der Waals surface area contributed by atoms with Gasteiger partial charge in [-0.25, -0.2) is 28.1 Å². The number of fused-ring (bicyclic) bond motifs is 1. The molecule has 7 aromatic rings. The normalized spacial score (nSPS) is 16.9. The summed E-state index contributed by atoms with van der Waals surface area (Å²) >= 11 is 1.55. The molecule has 2 aliphatic heterocycles. The highest BCUT2D eigenvalue weighted by atomic mass is 32.1. The summed E-state index contributed by atoms with van der Waals surface area (Å²) in [4.78, 5) is 92.6. The number of hydrogen-bond acceptors (Lipinski definition) is 15. The van der Waals surface area contributed by atoms with Crippen LogP contribution in [0.3, 0.4) is 0 Å². The molecule has 0 unspecified atom stereocenters. The van der Waals surface area contributed by atoms with Gasteiger partial charge in [0.1, 0.15) is 47.5 Å². The van der Waals surface area contributed by atoms with Gasteiger partial charge >= 0.3 is 5.69 Å². The molecule has 81 heavy (non-hydrogen) atoms. The second kappa shape index (κ2) is 23.8. The van der Waals surface area contributed by atoms with Crippen LogP contribution in [0, 0.1) is 30.9 Å². The highest BCUT2D eigenvalue weighted by molar-refractivity contribution is 7.13. The molecule has 5 aromatic heterocycles. The summed E-state index contributed by atoms with van der Waals surface area (Å²) < 4.78 is 42.0. The minimum absolute atomic E-state index is 0.00545. The quantitative estimate of drug-likeness (QED) is 0.0818. The summed E-state index contributed by atoms with van der Waals surface area (Å²) in [6, 6.07) is 12.3. The van der Waals surface area contributed by atoms with Gasteiger partial charge in [-0.15, -0.1) is 16.4 Å². The Balaban J connectivity index is 0.895. The second-order valence-corrected chi connectivity index (χ2v) is 22.7. The first-order valence-corrected chi connectivity index (χ1v) is 27.6. The number of ether oxygens (including phenoxy) is 1. The number of benzene rings is 2. The van der Waals surface area contributed by atoms with Crippen LogP contribution in [0.2, 0.25) is 0 Å². The first-order chi connectivity index (χ1) is 38.6. The lowest BCUT2D eigenvalue weighted by Crippen LogP contribution is -2.57. The number of anilines is 1. The van der Waals surface area contributed by atoms with Crippen molar-refractivity contribution in [1.29, 1.82) is 0 Å². The highest BCUT2D eigenvalue weighted by Crippen LogP contribution is 2.38. The number of aliphatic hydroxyl groups excluding tert-OH is 1. The number of amides is 4. The van der Waals surface area contributed by atoms with E-state index < -0.39 is 64.3 Å². The fourth-order valence-corrected chi connectivity index (χ4v) is 11.1. The number of halogens is 2. The van der Waals surface area contributed by atoms with Crippen molar-refractivity contribution < 1.29 is 37.8 Å². The zero-order chi connectivity index (χ0) is 58.0. The molecule has 20 nitrogen and oxygen atoms in total. The van der Waals surface area contributed by atoms with Crippen molar-refractivity contribution in [2.24, 2.45) is 5.41 Å². The minimum Gasteiger partial charge on any atom is -0.486 e. The molecule has 2 saturated heterocycles. The van der Waals surface area contributed by atoms with Crippen molar-refractivity contribution in [2.45, 2.75) is 118 Å². The molecule has 9 rings (SSSR count). The fraction of sp³-hybridized carbons (Fsp3) is 0.397. The SMILES string of the molecule is C=CC(=O)N1CCN(c2nc(=O)n(-c3c(C)ccnc3C(C)C)c3nc(-c4c(F)cccc4OCc4cn(CCC(=O)N[C@H](C(=O)N5C[C@H](O)C[C@H]5C(=O)NCc5ccc(-c6scnc6C)cc5)C(C)(C)C)nn4)c(F)cc23)[C@@H](C)C1. The van der Waals surface area contributed by atoms with Crippen LogP contribution >= 0.6 is 11.3 Å². The Bertz CT molecular complexity index is 3600. The van der Waals surface area contributed by atoms with Gasteiger partial charge in [0.25, 0.3) is 0 Å². The molecule has 0 spiro atoms. The van der Waals surface area contributed by atoms with E-state index in [1.807, 2.05) is 63.8 Å². The topological polar surface area (TPSA) is 236 Å². The van der Waals surface area contributed by atoms with Gasteiger partial charge in [-0.3, -0.25) is 28.8 Å². The van der Waals surface area contributed by atoms with Gasteiger partial charge in [0, 0.05) is 57.8 Å². The van der Waals surface area contributed by atoms with Crippen LogP contribution < -0.4 is 26.0 Å². The number of thiazole rings is 1. The number of carbonyl (C=O) groups is 4. The Kier molecular flexibility index (Phi) is 16.9. The van der Waals surface area contributed by atoms with Gasteiger partial charge in [0.15, 0.2) is 11.5 Å². The van der Waals surface area contributed by atoms with Crippen molar-refractivity contribution in [3.05, 3.63) is 135 Å². The Labute approximate surface area is 470 Å². The van der Waals surface area contributed by atoms with Gasteiger partial charge in [-0.1, -0.05) is 76.7 Å². The van der Waals surface area contributed by atoms with E-state index in [2.05, 4.69) is 42.5 Å². The molecule has 2 aromatic carbocycles. The molecule has 7 heterocycles. The number of aliphatic hydroxyl groups is 1. The summed E-state index contributed by atoms with van der Waals surface area (Å²) in [5.74, 6) is -3.54. The molecule has 23 heteroatoms. The number of carbonyl (C=O) groups excluding carboxylic acids is 4. The molecule has 0 aliphatic carbocycles. The first-order valence-electron chi connectivity index (χ1n) is 26.7. The van der Waals surface area contributed by atoms with Gasteiger partial charge in [-0.05, 0) is 79.1 Å². The number of likely N-dealkylation sites (tertiary alicyclic amines) is 1. The Morgan fingerprint density at radius 2 is 1.77 bits per heavy atom. The van der Waals surface area contributed by atoms with Crippen molar-refractivity contribution in [1.82, 2.24) is 59.9 Å². The molecule has 0 bridgehead atoms. The Hall–Kier alpha value is -8.31. The zero-order valence-corrected chi connectivity index (χ0v) is 47.3. The third-order valence-electron chi connectivity index (χ3n) is 14.6. The van der Waals surface area contributed by atoms with E-state index in [-0.39, 0.29) is 110 Å². The predicted octanol–water partition coefficient (Wildman–Crippen LogP) is 6.58. The van der Waals surface area contributed by atoms with Crippen LogP contribution in [0.5, 0.6) is 5.75 Å². The van der Waals surface area contributed by atoms with Crippen molar-refractivity contribution >= 4 is 51.8 Å². The number of pyridine rings is 2. The van der Waals surface area contributed by atoms with E-state index in [0.29, 0.717) is 16.9 Å². The standard InChI is InChI=1S/C58H65F2N13O7S/c1-10-46(76)69-22-23-71(34(5)27-69)53-40-25-42(60)49(65-54(40)73(57(79)66-53)50-33(4)18-20-61-48(50)32(2)3)47-41(59)12-11-13-44(47)80-30-38-28-70(68-67-38)21-19-45(75)64-52(58(7,8)9)56(78)72-29-39(74)24-43(72)55(77)62-26-36-14-16-37(17-15-36)51-35(6)63-31-81-51/h10-18,20,25,28,31-32,34,39,43,52,74H,1,19,21-24,26-27,29-30H2,2-9H3,(H,62,77)(H,64,75)/t34-,39+,43-,52+/m0/s1. The molecular formula is C58H65F2N13O7S. The lowest BCUT2D eigenvalue weighted by molar-refractivity contribution is -0.144. The average molecular weight is 1130 g/mol. The van der Waals surface area contributed by atoms with Crippen LogP contribution in [-0.2, 0) is 38.9 Å². The number of β-amino-alcohol motifs (C(OH)–C–C–N with tert-alkyl or cyclic N) is 1. The van der Waals surface area contributed by atoms with E-state index in [9.17, 15) is 29.1 Å². The average Bonchev–Trinajstić information content (AvgIpc) is 4.19. The number of piperazine rings is 1. The number of aromatic nitrogens is 8. The molecule has 0 saturated carbocycles. The molecule has 4 amide bonds. The fourth-order valence-electron chi connectivity index (χ4n) is 10.3. The van der Waals surface area contributed by atoms with E-state index in [4.69, 9.17) is 9.72 Å². The maximum atomic E-state index is 16.9. The number of hydrogen-bond donors (Lipinski definition) is 3. The second-order valence-electron chi connectivity index (χ2n) is 21.9. The molecule has 0 radical (unpaired) electrons. The van der Waals surface area contributed by atoms with Gasteiger partial charge < -0.3 is 35.2 Å². The van der Waals surface area contributed by atoms with Crippen molar-refractivity contribution in [2.75, 3.05) is 31.1 Å². The minimum atomic E-state index is -1.06. The van der Waals surface area contributed by atoms with Crippen LogP contribution in [0.25, 0.3) is 38.4 Å². The monoisotopic (exact) mass is 1130 g/mol. The molecule has 2 aliphatic rings. The highest BCUT2D eigenvalue weighted by Gasteiger charge is 2.44. The summed E-state index contributed by atoms with van der Waals surface area (Å²) in [6.07, 6.45) is 3.38. The Morgan fingerprint density at radius 3 is 2.46 bits per heavy atom. The largest absolute Gasteiger partial charge is 0.486 e. The first kappa shape index (κ1) is 57.4. The van der Waals surface area contributed by atoms with Gasteiger partial charge in [0.05, 0.1) is 57.3 Å². The molecule has 3 N–H and O–H groups in total. The van der Waals surface area contributed by atoms with Crippen molar-refractivity contribution in [3.8, 4) is 33.1 Å². The van der Waals surface area contributed by atoms with Gasteiger partial charge in [0.2, 0.25) is 23.6 Å². The molecule has 4 atom stereocenters. The smallest absolute Gasteiger partial charge is 0.355 e. The van der Waals surface area contributed by atoms with Gasteiger partial charge in [-0.2, -0.15) is 4.98 Å². The van der Waals surface area contributed by atoms with E-state index in [1.54, 1.807) is 54.8 Å². The predicted molar refractivity (Wildman–Crippen MR) is 301 cm³/mol. The van der Waals surface area contributed by atoms with E-state index >= 15 is 8.78 Å². The molecule has 2 fully saturated rings. The summed E-state index contributed by atoms with van der Waals surface area (Å²) in [6.45, 7) is 19.2. The number of nitrogens with one attached hydrogen (secondary N) is 2. The zero-order valence-electron chi connectivity index (χ0n) is 46.4. The summed E-state index contributed by atoms with van der Waals surface area (Å²) in [7, 11) is 0. The van der Waals surface area contributed by atoms with Crippen LogP contribution in [-0.4, -0.2) is 128 Å². The number of rotatable bonds is 17. The Morgan fingerprint density at radius 1 is 1.00 bits per heavy atom. The summed E-state index contributed by atoms with van der Waals surface area (Å²) in [5.41, 5.74) is 4.24. The maximum absolute atomic E-state index is 16.9. The number of aryl methyl sites for hydroxylation is 3. The van der Waals surface area contributed by atoms with Crippen LogP contribution in [0.15, 0.2) is 90.0 Å². The molecular weight excluding hydrogens is 1060 g/mol. The lowest BCUT2D eigenvalue weighted by atomic mass is 9.85. The third kappa shape index (κ3) is 12.2. The van der Waals surface area contributed by atoms with Crippen LogP contribution in [0.4, 0.5) is 14.6 Å². The van der Waals surface area contributed by atoms with E-state index in [1.165, 1.54) is 44.6 Å². The maximum Gasteiger partial charge on any atom is 0.355 e. The lowest BCUT2D eigenvalue weighted by Gasteiger charge is -2.40. The molecule has 424 valence electrons. The summed E-state index contributed by atoms with van der Waals surface area (Å²) in [5, 5.41) is 25.0. The van der Waals surface area contributed by atoms with E-state index in [0.717, 1.165) is 27.8 Å². The third-order valence-corrected chi connectivity index (χ3v) is 15.5.